The second kappa shape index (κ2) is 4.35. The molecule has 11 heavy (non-hydrogen) atoms. The van der Waals surface area contributed by atoms with Crippen molar-refractivity contribution in [2.45, 2.75) is 38.2 Å². The summed E-state index contributed by atoms with van der Waals surface area (Å²) < 4.78 is 0. The summed E-state index contributed by atoms with van der Waals surface area (Å²) >= 11 is 0. The van der Waals surface area contributed by atoms with Gasteiger partial charge in [-0.25, -0.2) is 0 Å². The average molecular weight is 152 g/mol. The molecule has 0 saturated heterocycles. The highest BCUT2D eigenvalue weighted by molar-refractivity contribution is 5.11. The molecule has 0 spiro atoms. The Kier molecular flexibility index (Phi) is 3.37. The van der Waals surface area contributed by atoms with Crippen LogP contribution in [0, 0.1) is 0 Å². The Morgan fingerprint density at radius 3 is 3.00 bits per heavy atom. The Hall–Kier alpha value is -0.560. The van der Waals surface area contributed by atoms with E-state index in [0.29, 0.717) is 6.42 Å². The summed E-state index contributed by atoms with van der Waals surface area (Å²) in [6.45, 7) is 3.61. The molecule has 1 N–H and O–H groups in total. The standard InChI is InChI=1S/C10H16O/c1-2-6-10(11)9-7-4-3-5-8-9/h2,7,10-11H,1,3-6,8H2/t10-/m0/s1. The number of hydrogen-bond acceptors (Lipinski definition) is 1. The number of allylic oxidation sites excluding steroid dienone is 1. The molecule has 1 aliphatic rings. The maximum atomic E-state index is 9.53. The van der Waals surface area contributed by atoms with Crippen molar-refractivity contribution >= 4 is 0 Å². The molecule has 0 saturated carbocycles. The van der Waals surface area contributed by atoms with E-state index in [-0.39, 0.29) is 6.10 Å². The van der Waals surface area contributed by atoms with Crippen LogP contribution in [0.25, 0.3) is 0 Å². The SMILES string of the molecule is C=CC[C@H](O)C1=CCCCC1. The van der Waals surface area contributed by atoms with Crippen molar-refractivity contribution in [1.82, 2.24) is 0 Å². The summed E-state index contributed by atoms with van der Waals surface area (Å²) in [4.78, 5) is 0. The fraction of sp³-hybridized carbons (Fsp3) is 0.600. The fourth-order valence-corrected chi connectivity index (χ4v) is 1.47. The van der Waals surface area contributed by atoms with E-state index in [9.17, 15) is 5.11 Å². The van der Waals surface area contributed by atoms with E-state index in [1.54, 1.807) is 6.08 Å². The number of aliphatic hydroxyl groups excluding tert-OH is 1. The van der Waals surface area contributed by atoms with E-state index in [1.807, 2.05) is 0 Å². The third kappa shape index (κ3) is 2.51. The molecule has 0 unspecified atom stereocenters. The zero-order chi connectivity index (χ0) is 8.10. The first kappa shape index (κ1) is 8.54. The van der Waals surface area contributed by atoms with Crippen LogP contribution in [0.3, 0.4) is 0 Å². The van der Waals surface area contributed by atoms with Gasteiger partial charge in [-0.05, 0) is 37.7 Å². The summed E-state index contributed by atoms with van der Waals surface area (Å²) in [7, 11) is 0. The monoisotopic (exact) mass is 152 g/mol. The lowest BCUT2D eigenvalue weighted by molar-refractivity contribution is 0.207. The maximum absolute atomic E-state index is 9.53. The summed E-state index contributed by atoms with van der Waals surface area (Å²) in [6, 6.07) is 0. The van der Waals surface area contributed by atoms with Crippen LogP contribution >= 0.6 is 0 Å². The van der Waals surface area contributed by atoms with Crippen LogP contribution in [0.15, 0.2) is 24.3 Å². The van der Waals surface area contributed by atoms with Gasteiger partial charge in [-0.15, -0.1) is 6.58 Å². The minimum absolute atomic E-state index is 0.257. The molecular weight excluding hydrogens is 136 g/mol. The van der Waals surface area contributed by atoms with Gasteiger partial charge in [0.15, 0.2) is 0 Å². The summed E-state index contributed by atoms with van der Waals surface area (Å²) in [5.74, 6) is 0. The third-order valence-electron chi connectivity index (χ3n) is 2.14. The van der Waals surface area contributed by atoms with Gasteiger partial charge in [0.05, 0.1) is 6.10 Å². The van der Waals surface area contributed by atoms with Gasteiger partial charge >= 0.3 is 0 Å². The summed E-state index contributed by atoms with van der Waals surface area (Å²) in [5.41, 5.74) is 1.22. The van der Waals surface area contributed by atoms with Crippen molar-refractivity contribution in [1.29, 1.82) is 0 Å². The molecule has 0 radical (unpaired) electrons. The highest BCUT2D eigenvalue weighted by Crippen LogP contribution is 2.21. The van der Waals surface area contributed by atoms with Crippen LogP contribution in [0.4, 0.5) is 0 Å². The highest BCUT2D eigenvalue weighted by Gasteiger charge is 2.10. The minimum atomic E-state index is -0.257. The molecule has 0 heterocycles. The van der Waals surface area contributed by atoms with Crippen LogP contribution in [-0.2, 0) is 0 Å². The van der Waals surface area contributed by atoms with Crippen molar-refractivity contribution in [3.63, 3.8) is 0 Å². The molecule has 1 heteroatoms. The van der Waals surface area contributed by atoms with Gasteiger partial charge in [-0.3, -0.25) is 0 Å². The van der Waals surface area contributed by atoms with Gasteiger partial charge in [-0.1, -0.05) is 12.2 Å². The van der Waals surface area contributed by atoms with Gasteiger partial charge in [0.1, 0.15) is 0 Å². The quantitative estimate of drug-likeness (QED) is 0.616. The third-order valence-corrected chi connectivity index (χ3v) is 2.14. The van der Waals surface area contributed by atoms with E-state index >= 15 is 0 Å². The van der Waals surface area contributed by atoms with Gasteiger partial charge < -0.3 is 5.11 Å². The molecule has 0 bridgehead atoms. The molecule has 62 valence electrons. The fourth-order valence-electron chi connectivity index (χ4n) is 1.47. The van der Waals surface area contributed by atoms with Crippen molar-refractivity contribution in [2.24, 2.45) is 0 Å². The first-order valence-corrected chi connectivity index (χ1v) is 4.32. The van der Waals surface area contributed by atoms with E-state index in [1.165, 1.54) is 18.4 Å². The number of rotatable bonds is 3. The largest absolute Gasteiger partial charge is 0.388 e. The Bertz CT molecular complexity index is 158. The van der Waals surface area contributed by atoms with Gasteiger partial charge in [-0.2, -0.15) is 0 Å². The van der Waals surface area contributed by atoms with Crippen molar-refractivity contribution in [3.8, 4) is 0 Å². The zero-order valence-corrected chi connectivity index (χ0v) is 6.92. The molecule has 0 aliphatic heterocycles. The molecule has 0 fully saturated rings. The van der Waals surface area contributed by atoms with Gasteiger partial charge in [0.25, 0.3) is 0 Å². The Labute approximate surface area is 68.4 Å². The van der Waals surface area contributed by atoms with E-state index < -0.39 is 0 Å². The van der Waals surface area contributed by atoms with E-state index in [0.717, 1.165) is 12.8 Å². The molecule has 0 aromatic carbocycles. The van der Waals surface area contributed by atoms with Crippen LogP contribution in [0.2, 0.25) is 0 Å². The topological polar surface area (TPSA) is 20.2 Å². The summed E-state index contributed by atoms with van der Waals surface area (Å²) in [5, 5.41) is 9.53. The lowest BCUT2D eigenvalue weighted by Crippen LogP contribution is -2.10. The predicted octanol–water partition coefficient (Wildman–Crippen LogP) is 2.42. The highest BCUT2D eigenvalue weighted by atomic mass is 16.3. The Morgan fingerprint density at radius 1 is 1.64 bits per heavy atom. The average Bonchev–Trinajstić information content (AvgIpc) is 2.07. The van der Waals surface area contributed by atoms with E-state index in [4.69, 9.17) is 0 Å². The molecule has 1 atom stereocenters. The van der Waals surface area contributed by atoms with Crippen LogP contribution in [-0.4, -0.2) is 11.2 Å². The van der Waals surface area contributed by atoms with E-state index in [2.05, 4.69) is 12.7 Å². The lowest BCUT2D eigenvalue weighted by Gasteiger charge is -2.16. The molecule has 0 aromatic heterocycles. The van der Waals surface area contributed by atoms with Gasteiger partial charge in [0, 0.05) is 0 Å². The van der Waals surface area contributed by atoms with Crippen LogP contribution in [0.5, 0.6) is 0 Å². The summed E-state index contributed by atoms with van der Waals surface area (Å²) in [6.07, 6.45) is 9.14. The number of hydrogen-bond donors (Lipinski definition) is 1. The van der Waals surface area contributed by atoms with Crippen molar-refractivity contribution in [3.05, 3.63) is 24.3 Å². The van der Waals surface area contributed by atoms with Gasteiger partial charge in [0.2, 0.25) is 0 Å². The maximum Gasteiger partial charge on any atom is 0.0784 e. The van der Waals surface area contributed by atoms with Crippen molar-refractivity contribution < 1.29 is 5.11 Å². The molecule has 0 amide bonds. The van der Waals surface area contributed by atoms with Crippen LogP contribution < -0.4 is 0 Å². The molecule has 1 nitrogen and oxygen atoms in total. The number of aliphatic hydroxyl groups is 1. The molecule has 1 aliphatic carbocycles. The molecule has 0 aromatic rings. The van der Waals surface area contributed by atoms with Crippen LogP contribution in [0.1, 0.15) is 32.1 Å². The minimum Gasteiger partial charge on any atom is -0.388 e. The van der Waals surface area contributed by atoms with Crippen molar-refractivity contribution in [2.75, 3.05) is 0 Å². The normalized spacial score (nSPS) is 20.6. The predicted molar refractivity (Wildman–Crippen MR) is 47.4 cm³/mol. The lowest BCUT2D eigenvalue weighted by atomic mass is 9.94. The Morgan fingerprint density at radius 2 is 2.45 bits per heavy atom. The second-order valence-electron chi connectivity index (χ2n) is 3.06. The second-order valence-corrected chi connectivity index (χ2v) is 3.06. The first-order chi connectivity index (χ1) is 5.34. The first-order valence-electron chi connectivity index (χ1n) is 4.32. The smallest absolute Gasteiger partial charge is 0.0784 e. The Balaban J connectivity index is 2.43. The molecule has 1 rings (SSSR count). The molecular formula is C10H16O. The zero-order valence-electron chi connectivity index (χ0n) is 6.92.